The SMILES string of the molecule is C/C([O-])=C1\C(=O)O[C@@H](C)C1=O.CC(=O)C1=C([O-])C(C)OC1=O.NC1CCCCC1N.[Pt+2]. The summed E-state index contributed by atoms with van der Waals surface area (Å²) < 4.78 is 9.00. The molecule has 2 heterocycles. The number of ketones is 2. The second-order valence-electron chi connectivity index (χ2n) is 7.30. The van der Waals surface area contributed by atoms with E-state index in [9.17, 15) is 29.4 Å². The molecule has 0 spiro atoms. The van der Waals surface area contributed by atoms with Crippen molar-refractivity contribution in [3.05, 3.63) is 22.7 Å². The monoisotopic (exact) mass is 619 g/mol. The van der Waals surface area contributed by atoms with Gasteiger partial charge in [-0.05, 0) is 33.6 Å². The first-order valence-electron chi connectivity index (χ1n) is 9.65. The number of hydrogen-bond acceptors (Lipinski definition) is 10. The molecule has 1 saturated heterocycles. The van der Waals surface area contributed by atoms with Gasteiger partial charge < -0.3 is 31.2 Å². The molecular weight excluding hydrogens is 591 g/mol. The van der Waals surface area contributed by atoms with Crippen LogP contribution in [0.3, 0.4) is 0 Å². The fourth-order valence-electron chi connectivity index (χ4n) is 2.98. The Morgan fingerprint density at radius 2 is 1.39 bits per heavy atom. The number of Topliss-reactive ketones (excluding diaryl/α,β-unsaturated/α-hetero) is 2. The van der Waals surface area contributed by atoms with Crippen molar-refractivity contribution in [1.29, 1.82) is 0 Å². The molecule has 31 heavy (non-hydrogen) atoms. The third kappa shape index (κ3) is 7.87. The zero-order valence-corrected chi connectivity index (χ0v) is 20.1. The Labute approximate surface area is 195 Å². The van der Waals surface area contributed by atoms with Crippen LogP contribution < -0.4 is 21.7 Å². The second kappa shape index (κ2) is 12.7. The van der Waals surface area contributed by atoms with Crippen molar-refractivity contribution in [2.24, 2.45) is 11.5 Å². The van der Waals surface area contributed by atoms with Gasteiger partial charge >= 0.3 is 33.0 Å². The first-order valence-corrected chi connectivity index (χ1v) is 9.65. The van der Waals surface area contributed by atoms with Gasteiger partial charge in [0.1, 0.15) is 6.10 Å². The van der Waals surface area contributed by atoms with Gasteiger partial charge in [0, 0.05) is 12.1 Å². The van der Waals surface area contributed by atoms with Crippen LogP contribution in [0.25, 0.3) is 0 Å². The van der Waals surface area contributed by atoms with Gasteiger partial charge in [-0.25, -0.2) is 9.59 Å². The van der Waals surface area contributed by atoms with E-state index in [4.69, 9.17) is 11.5 Å². The molecule has 11 heteroatoms. The van der Waals surface area contributed by atoms with Crippen LogP contribution in [0.2, 0.25) is 0 Å². The van der Waals surface area contributed by atoms with Crippen LogP contribution in [0.5, 0.6) is 0 Å². The van der Waals surface area contributed by atoms with Crippen LogP contribution in [0, 0.1) is 0 Å². The van der Waals surface area contributed by atoms with Gasteiger partial charge in [-0.3, -0.25) is 9.59 Å². The molecule has 3 aliphatic rings. The van der Waals surface area contributed by atoms with E-state index in [-0.39, 0.29) is 44.3 Å². The largest absolute Gasteiger partial charge is 2.00 e. The summed E-state index contributed by atoms with van der Waals surface area (Å²) in [6.07, 6.45) is 3.22. The van der Waals surface area contributed by atoms with Gasteiger partial charge in [0.25, 0.3) is 0 Å². The topological polar surface area (TPSA) is 185 Å². The molecule has 0 aromatic carbocycles. The van der Waals surface area contributed by atoms with Gasteiger partial charge in [0.2, 0.25) is 5.78 Å². The summed E-state index contributed by atoms with van der Waals surface area (Å²) in [5, 5.41) is 21.6. The minimum absolute atomic E-state index is 0. The molecule has 0 aromatic heterocycles. The number of cyclic esters (lactones) is 2. The number of rotatable bonds is 1. The van der Waals surface area contributed by atoms with E-state index in [2.05, 4.69) is 9.47 Å². The molecule has 0 bridgehead atoms. The molecular formula is C20H28N2O8Pt. The maximum Gasteiger partial charge on any atom is 2.00 e. The summed E-state index contributed by atoms with van der Waals surface area (Å²) in [6.45, 7) is 5.23. The van der Waals surface area contributed by atoms with Crippen LogP contribution in [0.15, 0.2) is 22.7 Å². The fourth-order valence-corrected chi connectivity index (χ4v) is 2.98. The Hall–Kier alpha value is -2.03. The molecule has 4 N–H and O–H groups in total. The molecule has 0 aromatic rings. The Morgan fingerprint density at radius 1 is 0.935 bits per heavy atom. The Morgan fingerprint density at radius 3 is 1.58 bits per heavy atom. The fraction of sp³-hybridized carbons (Fsp3) is 0.600. The van der Waals surface area contributed by atoms with E-state index in [0.717, 1.165) is 12.8 Å². The van der Waals surface area contributed by atoms with Crippen molar-refractivity contribution in [1.82, 2.24) is 0 Å². The van der Waals surface area contributed by atoms with Crippen molar-refractivity contribution >= 4 is 23.5 Å². The van der Waals surface area contributed by atoms with Crippen LogP contribution in [0.1, 0.15) is 53.4 Å². The summed E-state index contributed by atoms with van der Waals surface area (Å²) in [5.74, 6) is -3.66. The Balaban J connectivity index is 0.000000434. The van der Waals surface area contributed by atoms with E-state index in [0.29, 0.717) is 0 Å². The molecule has 0 radical (unpaired) electrons. The first-order chi connectivity index (χ1) is 13.9. The zero-order valence-electron chi connectivity index (χ0n) is 17.9. The third-order valence-corrected chi connectivity index (χ3v) is 4.79. The Bertz CT molecular complexity index is 763. The molecule has 0 amide bonds. The molecule has 1 aliphatic carbocycles. The minimum atomic E-state index is -0.796. The van der Waals surface area contributed by atoms with Crippen molar-refractivity contribution < 1.29 is 59.9 Å². The summed E-state index contributed by atoms with van der Waals surface area (Å²) in [4.78, 5) is 43.1. The van der Waals surface area contributed by atoms with Gasteiger partial charge in [-0.2, -0.15) is 0 Å². The van der Waals surface area contributed by atoms with Crippen molar-refractivity contribution in [3.8, 4) is 0 Å². The zero-order chi connectivity index (χ0) is 23.2. The van der Waals surface area contributed by atoms with Crippen LogP contribution in [-0.4, -0.2) is 47.8 Å². The smallest absolute Gasteiger partial charge is 0.875 e. The molecule has 3 rings (SSSR count). The average Bonchev–Trinajstić information content (AvgIpc) is 3.05. The third-order valence-electron chi connectivity index (χ3n) is 4.79. The molecule has 2 aliphatic heterocycles. The molecule has 4 atom stereocenters. The predicted molar refractivity (Wildman–Crippen MR) is 101 cm³/mol. The molecule has 10 nitrogen and oxygen atoms in total. The number of nitrogens with two attached hydrogens (primary N) is 2. The number of carbonyl (C=O) groups excluding carboxylic acids is 4. The molecule has 3 unspecified atom stereocenters. The minimum Gasteiger partial charge on any atom is -0.875 e. The van der Waals surface area contributed by atoms with E-state index in [1.165, 1.54) is 40.5 Å². The van der Waals surface area contributed by atoms with E-state index in [1.54, 1.807) is 0 Å². The van der Waals surface area contributed by atoms with Gasteiger partial charge in [-0.1, -0.05) is 25.5 Å². The number of ether oxygens (including phenoxy) is 2. The average molecular weight is 620 g/mol. The van der Waals surface area contributed by atoms with E-state index in [1.807, 2.05) is 0 Å². The summed E-state index contributed by atoms with van der Waals surface area (Å²) in [6, 6.07) is 0.562. The maximum atomic E-state index is 11.0. The standard InChI is InChI=1S/2C7H8O4.C6H14N2.Pt/c2*1-3(8)5-6(9)4(2)11-7(5)10;7-5-3-1-2-4-6(5)8;/h4,9H,1-2H3;4,8H,1-2H3;5-6H,1-4,7-8H2;/q;;;+2/p-2/b;5-3+;;/t;4-;;/m.0../s1. The molecule has 176 valence electrons. The summed E-state index contributed by atoms with van der Waals surface area (Å²) in [5.41, 5.74) is 10.6. The Kier molecular flexibility index (Phi) is 11.9. The number of hydrogen-bond donors (Lipinski definition) is 2. The van der Waals surface area contributed by atoms with Crippen LogP contribution >= 0.6 is 0 Å². The van der Waals surface area contributed by atoms with Crippen molar-refractivity contribution in [3.63, 3.8) is 0 Å². The maximum absolute atomic E-state index is 11.0. The van der Waals surface area contributed by atoms with E-state index >= 15 is 0 Å². The van der Waals surface area contributed by atoms with Gasteiger partial charge in [0.15, 0.2) is 11.9 Å². The van der Waals surface area contributed by atoms with Crippen LogP contribution in [0.4, 0.5) is 0 Å². The summed E-state index contributed by atoms with van der Waals surface area (Å²) in [7, 11) is 0. The second-order valence-corrected chi connectivity index (χ2v) is 7.30. The number of allylic oxidation sites excluding steroid dienone is 1. The number of esters is 2. The normalized spacial score (nSPS) is 28.9. The number of carbonyl (C=O) groups is 4. The van der Waals surface area contributed by atoms with E-state index < -0.39 is 47.2 Å². The van der Waals surface area contributed by atoms with Gasteiger partial charge in [0.05, 0.1) is 11.1 Å². The van der Waals surface area contributed by atoms with Crippen LogP contribution in [-0.2, 0) is 49.7 Å². The molecule has 2 fully saturated rings. The predicted octanol–water partition coefficient (Wildman–Crippen LogP) is -1.52. The molecule has 1 saturated carbocycles. The quantitative estimate of drug-likeness (QED) is 0.151. The van der Waals surface area contributed by atoms with Crippen molar-refractivity contribution in [2.45, 2.75) is 77.7 Å². The summed E-state index contributed by atoms with van der Waals surface area (Å²) >= 11 is 0. The first kappa shape index (κ1) is 29.0. The van der Waals surface area contributed by atoms with Crippen molar-refractivity contribution in [2.75, 3.05) is 0 Å². The van der Waals surface area contributed by atoms with Gasteiger partial charge in [-0.15, -0.1) is 5.76 Å².